The van der Waals surface area contributed by atoms with E-state index in [1.807, 2.05) is 0 Å². The number of hydrogen-bond donors (Lipinski definition) is 2. The van der Waals surface area contributed by atoms with Crippen LogP contribution in [-0.2, 0) is 6.54 Å². The van der Waals surface area contributed by atoms with Crippen LogP contribution in [0.5, 0.6) is 5.75 Å². The Labute approximate surface area is 119 Å². The molecule has 0 atom stereocenters. The lowest BCUT2D eigenvalue weighted by atomic mass is 10.3. The van der Waals surface area contributed by atoms with Crippen LogP contribution in [-0.4, -0.2) is 13.1 Å². The zero-order chi connectivity index (χ0) is 13.7. The van der Waals surface area contributed by atoms with Crippen LogP contribution in [0.25, 0.3) is 0 Å². The number of urea groups is 1. The van der Waals surface area contributed by atoms with Crippen molar-refractivity contribution in [1.82, 2.24) is 5.32 Å². The van der Waals surface area contributed by atoms with Crippen LogP contribution in [0.4, 0.5) is 10.5 Å². The third-order valence-corrected chi connectivity index (χ3v) is 3.08. The second-order valence-electron chi connectivity index (χ2n) is 3.73. The van der Waals surface area contributed by atoms with Gasteiger partial charge in [-0.15, -0.1) is 0 Å². The van der Waals surface area contributed by atoms with Gasteiger partial charge in [0.05, 0.1) is 25.6 Å². The largest absolute Gasteiger partial charge is 0.497 e. The molecule has 0 aliphatic carbocycles. The average Bonchev–Trinajstić information content (AvgIpc) is 2.92. The third kappa shape index (κ3) is 3.75. The summed E-state index contributed by atoms with van der Waals surface area (Å²) in [4.78, 5) is 11.7. The first kappa shape index (κ1) is 13.5. The first-order valence-corrected chi connectivity index (χ1v) is 6.39. The van der Waals surface area contributed by atoms with Gasteiger partial charge in [0.15, 0.2) is 0 Å². The fourth-order valence-corrected chi connectivity index (χ4v) is 1.93. The van der Waals surface area contributed by atoms with E-state index in [2.05, 4.69) is 26.6 Å². The smallest absolute Gasteiger partial charge is 0.319 e. The standard InChI is InChI=1S/C13H13BrN2O3/c1-18-9-4-5-12(11(14)7-9)16-13(17)15-8-10-3-2-6-19-10/h2-7H,8H2,1H3,(H2,15,16,17). The summed E-state index contributed by atoms with van der Waals surface area (Å²) in [6.45, 7) is 0.340. The third-order valence-electron chi connectivity index (χ3n) is 2.43. The van der Waals surface area contributed by atoms with E-state index in [-0.39, 0.29) is 6.03 Å². The Bertz CT molecular complexity index is 555. The predicted octanol–water partition coefficient (Wildman–Crippen LogP) is 3.37. The number of amides is 2. The maximum Gasteiger partial charge on any atom is 0.319 e. The highest BCUT2D eigenvalue weighted by Gasteiger charge is 2.06. The first-order valence-electron chi connectivity index (χ1n) is 5.60. The summed E-state index contributed by atoms with van der Waals surface area (Å²) in [5.74, 6) is 1.41. The lowest BCUT2D eigenvalue weighted by Gasteiger charge is -2.09. The second kappa shape index (κ2) is 6.29. The van der Waals surface area contributed by atoms with Crippen molar-refractivity contribution in [1.29, 1.82) is 0 Å². The zero-order valence-electron chi connectivity index (χ0n) is 10.3. The van der Waals surface area contributed by atoms with Gasteiger partial charge in [-0.05, 0) is 46.3 Å². The number of anilines is 1. The van der Waals surface area contributed by atoms with Crippen LogP contribution in [0.2, 0.25) is 0 Å². The number of methoxy groups -OCH3 is 1. The molecule has 5 nitrogen and oxygen atoms in total. The van der Waals surface area contributed by atoms with E-state index >= 15 is 0 Å². The molecule has 0 aliphatic rings. The van der Waals surface area contributed by atoms with Gasteiger partial charge in [0.2, 0.25) is 0 Å². The molecule has 0 bridgehead atoms. The average molecular weight is 325 g/mol. The molecule has 2 rings (SSSR count). The van der Waals surface area contributed by atoms with Crippen LogP contribution < -0.4 is 15.4 Å². The predicted molar refractivity (Wildman–Crippen MR) is 75.3 cm³/mol. The van der Waals surface area contributed by atoms with Crippen molar-refractivity contribution in [2.75, 3.05) is 12.4 Å². The van der Waals surface area contributed by atoms with Crippen LogP contribution in [0.3, 0.4) is 0 Å². The van der Waals surface area contributed by atoms with Crippen LogP contribution in [0, 0.1) is 0 Å². The Hall–Kier alpha value is -1.95. The molecule has 1 heterocycles. The topological polar surface area (TPSA) is 63.5 Å². The Morgan fingerprint density at radius 1 is 1.42 bits per heavy atom. The Morgan fingerprint density at radius 2 is 2.26 bits per heavy atom. The molecule has 0 unspecified atom stereocenters. The van der Waals surface area contributed by atoms with E-state index in [1.165, 1.54) is 0 Å². The van der Waals surface area contributed by atoms with E-state index in [0.717, 1.165) is 4.47 Å². The Balaban J connectivity index is 1.91. The number of nitrogens with one attached hydrogen (secondary N) is 2. The second-order valence-corrected chi connectivity index (χ2v) is 4.59. The molecule has 2 N–H and O–H groups in total. The monoisotopic (exact) mass is 324 g/mol. The van der Waals surface area contributed by atoms with Gasteiger partial charge in [-0.1, -0.05) is 0 Å². The van der Waals surface area contributed by atoms with Crippen molar-refractivity contribution in [3.8, 4) is 5.75 Å². The highest BCUT2D eigenvalue weighted by atomic mass is 79.9. The SMILES string of the molecule is COc1ccc(NC(=O)NCc2ccco2)c(Br)c1. The lowest BCUT2D eigenvalue weighted by Crippen LogP contribution is -2.28. The van der Waals surface area contributed by atoms with Crippen molar-refractivity contribution in [3.63, 3.8) is 0 Å². The molecule has 2 aromatic rings. The normalized spacial score (nSPS) is 10.0. The minimum absolute atomic E-state index is 0.303. The molecule has 100 valence electrons. The number of furan rings is 1. The highest BCUT2D eigenvalue weighted by Crippen LogP contribution is 2.26. The van der Waals surface area contributed by atoms with E-state index in [0.29, 0.717) is 23.7 Å². The molecule has 0 saturated heterocycles. The molecular formula is C13H13BrN2O3. The van der Waals surface area contributed by atoms with Crippen LogP contribution >= 0.6 is 15.9 Å². The van der Waals surface area contributed by atoms with Gasteiger partial charge in [0.1, 0.15) is 11.5 Å². The molecule has 1 aromatic carbocycles. The Kier molecular flexibility index (Phi) is 4.46. The molecule has 6 heteroatoms. The maximum absolute atomic E-state index is 11.7. The number of ether oxygens (including phenoxy) is 1. The molecule has 0 fully saturated rings. The number of rotatable bonds is 4. The zero-order valence-corrected chi connectivity index (χ0v) is 11.9. The number of benzene rings is 1. The van der Waals surface area contributed by atoms with E-state index < -0.39 is 0 Å². The number of halogens is 1. The lowest BCUT2D eigenvalue weighted by molar-refractivity contribution is 0.251. The van der Waals surface area contributed by atoms with E-state index in [9.17, 15) is 4.79 Å². The Morgan fingerprint density at radius 3 is 2.89 bits per heavy atom. The highest BCUT2D eigenvalue weighted by molar-refractivity contribution is 9.10. The van der Waals surface area contributed by atoms with Gasteiger partial charge in [-0.3, -0.25) is 0 Å². The van der Waals surface area contributed by atoms with Gasteiger partial charge < -0.3 is 19.8 Å². The van der Waals surface area contributed by atoms with Gasteiger partial charge >= 0.3 is 6.03 Å². The molecule has 1 aromatic heterocycles. The van der Waals surface area contributed by atoms with Gasteiger partial charge in [0, 0.05) is 4.47 Å². The van der Waals surface area contributed by atoms with Crippen LogP contribution in [0.1, 0.15) is 5.76 Å². The number of hydrogen-bond acceptors (Lipinski definition) is 3. The summed E-state index contributed by atoms with van der Waals surface area (Å²) >= 11 is 3.37. The van der Waals surface area contributed by atoms with Gasteiger partial charge in [-0.2, -0.15) is 0 Å². The molecule has 2 amide bonds. The molecule has 0 spiro atoms. The van der Waals surface area contributed by atoms with Crippen molar-refractivity contribution in [2.24, 2.45) is 0 Å². The molecule has 0 saturated carbocycles. The fraction of sp³-hybridized carbons (Fsp3) is 0.154. The van der Waals surface area contributed by atoms with Crippen molar-refractivity contribution >= 4 is 27.6 Å². The molecule has 19 heavy (non-hydrogen) atoms. The molecule has 0 radical (unpaired) electrons. The molecular weight excluding hydrogens is 312 g/mol. The summed E-state index contributed by atoms with van der Waals surface area (Å²) in [5.41, 5.74) is 0.665. The number of carbonyl (C=O) groups is 1. The van der Waals surface area contributed by atoms with Gasteiger partial charge in [0.25, 0.3) is 0 Å². The summed E-state index contributed by atoms with van der Waals surface area (Å²) < 4.78 is 11.0. The first-order chi connectivity index (χ1) is 9.19. The summed E-state index contributed by atoms with van der Waals surface area (Å²) in [5, 5.41) is 5.42. The fourth-order valence-electron chi connectivity index (χ4n) is 1.47. The minimum atomic E-state index is -0.303. The maximum atomic E-state index is 11.7. The summed E-state index contributed by atoms with van der Waals surface area (Å²) in [6.07, 6.45) is 1.56. The molecule has 0 aliphatic heterocycles. The summed E-state index contributed by atoms with van der Waals surface area (Å²) in [7, 11) is 1.59. The van der Waals surface area contributed by atoms with Crippen LogP contribution in [0.15, 0.2) is 45.5 Å². The number of carbonyl (C=O) groups excluding carboxylic acids is 1. The summed E-state index contributed by atoms with van der Waals surface area (Å²) in [6, 6.07) is 8.57. The van der Waals surface area contributed by atoms with Crippen molar-refractivity contribution < 1.29 is 13.9 Å². The van der Waals surface area contributed by atoms with Crippen molar-refractivity contribution in [2.45, 2.75) is 6.54 Å². The van der Waals surface area contributed by atoms with Gasteiger partial charge in [-0.25, -0.2) is 4.79 Å². The van der Waals surface area contributed by atoms with E-state index in [4.69, 9.17) is 9.15 Å². The minimum Gasteiger partial charge on any atom is -0.497 e. The van der Waals surface area contributed by atoms with Crippen molar-refractivity contribution in [3.05, 3.63) is 46.8 Å². The quantitative estimate of drug-likeness (QED) is 0.906. The van der Waals surface area contributed by atoms with E-state index in [1.54, 1.807) is 43.7 Å².